The normalized spacial score (nSPS) is 15.6. The van der Waals surface area contributed by atoms with Gasteiger partial charge in [-0.2, -0.15) is 0 Å². The van der Waals surface area contributed by atoms with Crippen LogP contribution in [0.1, 0.15) is 5.56 Å². The maximum absolute atomic E-state index is 13.2. The second-order valence-corrected chi connectivity index (χ2v) is 4.51. The standard InChI is InChI=1S/C13H18FN3O/c1-10-9-11(3-4-12(10)14)16(2)13(18)17-7-5-15-6-8-17/h3-4,9,15H,5-8H2,1-2H3. The van der Waals surface area contributed by atoms with Crippen molar-refractivity contribution in [3.8, 4) is 0 Å². The number of amides is 2. The molecule has 0 aromatic heterocycles. The average molecular weight is 251 g/mol. The average Bonchev–Trinajstić information content (AvgIpc) is 2.41. The van der Waals surface area contributed by atoms with Crippen molar-refractivity contribution < 1.29 is 9.18 Å². The molecule has 98 valence electrons. The first-order chi connectivity index (χ1) is 8.59. The van der Waals surface area contributed by atoms with Gasteiger partial charge in [0.15, 0.2) is 0 Å². The van der Waals surface area contributed by atoms with E-state index in [1.54, 1.807) is 35.9 Å². The number of urea groups is 1. The smallest absolute Gasteiger partial charge is 0.322 e. The second kappa shape index (κ2) is 5.35. The summed E-state index contributed by atoms with van der Waals surface area (Å²) in [7, 11) is 1.72. The molecule has 0 bridgehead atoms. The molecule has 4 nitrogen and oxygen atoms in total. The Labute approximate surface area is 106 Å². The third-order valence-corrected chi connectivity index (χ3v) is 3.20. The second-order valence-electron chi connectivity index (χ2n) is 4.51. The van der Waals surface area contributed by atoms with E-state index in [9.17, 15) is 9.18 Å². The molecular weight excluding hydrogens is 233 g/mol. The molecule has 1 saturated heterocycles. The third-order valence-electron chi connectivity index (χ3n) is 3.20. The molecule has 0 aliphatic carbocycles. The molecule has 1 aromatic rings. The molecule has 5 heteroatoms. The van der Waals surface area contributed by atoms with Gasteiger partial charge in [0.05, 0.1) is 0 Å². The minimum Gasteiger partial charge on any atom is -0.322 e. The zero-order chi connectivity index (χ0) is 13.1. The number of hydrogen-bond acceptors (Lipinski definition) is 2. The van der Waals surface area contributed by atoms with Gasteiger partial charge in [-0.3, -0.25) is 4.90 Å². The number of anilines is 1. The Morgan fingerprint density at radius 3 is 2.67 bits per heavy atom. The van der Waals surface area contributed by atoms with Crippen LogP contribution < -0.4 is 10.2 Å². The van der Waals surface area contributed by atoms with Gasteiger partial charge in [-0.1, -0.05) is 0 Å². The number of benzene rings is 1. The molecular formula is C13H18FN3O. The van der Waals surface area contributed by atoms with Crippen LogP contribution >= 0.6 is 0 Å². The first-order valence-electron chi connectivity index (χ1n) is 6.09. The fraction of sp³-hybridized carbons (Fsp3) is 0.462. The van der Waals surface area contributed by atoms with Gasteiger partial charge in [0.2, 0.25) is 0 Å². The van der Waals surface area contributed by atoms with Crippen molar-refractivity contribution in [1.29, 1.82) is 0 Å². The molecule has 0 radical (unpaired) electrons. The topological polar surface area (TPSA) is 35.6 Å². The van der Waals surface area contributed by atoms with Gasteiger partial charge in [0.25, 0.3) is 0 Å². The molecule has 1 N–H and O–H groups in total. The van der Waals surface area contributed by atoms with Crippen LogP contribution in [-0.2, 0) is 0 Å². The lowest BCUT2D eigenvalue weighted by Crippen LogP contribution is -2.50. The van der Waals surface area contributed by atoms with Crippen LogP contribution in [0, 0.1) is 12.7 Å². The zero-order valence-corrected chi connectivity index (χ0v) is 10.7. The predicted molar refractivity (Wildman–Crippen MR) is 69.4 cm³/mol. The summed E-state index contributed by atoms with van der Waals surface area (Å²) >= 11 is 0. The molecule has 18 heavy (non-hydrogen) atoms. The van der Waals surface area contributed by atoms with E-state index in [1.807, 2.05) is 0 Å². The van der Waals surface area contributed by atoms with E-state index in [0.29, 0.717) is 18.7 Å². The summed E-state index contributed by atoms with van der Waals surface area (Å²) in [6.07, 6.45) is 0. The van der Waals surface area contributed by atoms with E-state index in [-0.39, 0.29) is 11.8 Å². The first kappa shape index (κ1) is 12.8. The van der Waals surface area contributed by atoms with Crippen LogP contribution in [0.15, 0.2) is 18.2 Å². The van der Waals surface area contributed by atoms with Gasteiger partial charge in [-0.15, -0.1) is 0 Å². The maximum atomic E-state index is 13.2. The SMILES string of the molecule is Cc1cc(N(C)C(=O)N2CCNCC2)ccc1F. The highest BCUT2D eigenvalue weighted by molar-refractivity contribution is 5.91. The van der Waals surface area contributed by atoms with Crippen LogP contribution in [0.5, 0.6) is 0 Å². The quantitative estimate of drug-likeness (QED) is 0.823. The predicted octanol–water partition coefficient (Wildman–Crippen LogP) is 1.60. The van der Waals surface area contributed by atoms with Crippen molar-refractivity contribution in [3.05, 3.63) is 29.6 Å². The van der Waals surface area contributed by atoms with Gasteiger partial charge in [-0.25, -0.2) is 9.18 Å². The van der Waals surface area contributed by atoms with E-state index in [1.165, 1.54) is 6.07 Å². The highest BCUT2D eigenvalue weighted by atomic mass is 19.1. The monoisotopic (exact) mass is 251 g/mol. The van der Waals surface area contributed by atoms with Gasteiger partial charge < -0.3 is 10.2 Å². The molecule has 1 heterocycles. The Hall–Kier alpha value is -1.62. The lowest BCUT2D eigenvalue weighted by atomic mass is 10.2. The number of carbonyl (C=O) groups is 1. The summed E-state index contributed by atoms with van der Waals surface area (Å²) < 4.78 is 13.2. The zero-order valence-electron chi connectivity index (χ0n) is 10.7. The number of aryl methyl sites for hydroxylation is 1. The maximum Gasteiger partial charge on any atom is 0.324 e. The molecule has 2 rings (SSSR count). The van der Waals surface area contributed by atoms with E-state index in [4.69, 9.17) is 0 Å². The van der Waals surface area contributed by atoms with Crippen LogP contribution in [0.2, 0.25) is 0 Å². The first-order valence-corrected chi connectivity index (χ1v) is 6.09. The van der Waals surface area contributed by atoms with E-state index < -0.39 is 0 Å². The van der Waals surface area contributed by atoms with E-state index >= 15 is 0 Å². The number of nitrogens with zero attached hydrogens (tertiary/aromatic N) is 2. The molecule has 2 amide bonds. The summed E-state index contributed by atoms with van der Waals surface area (Å²) in [6.45, 7) is 4.76. The summed E-state index contributed by atoms with van der Waals surface area (Å²) in [5.74, 6) is -0.248. The van der Waals surface area contributed by atoms with Crippen molar-refractivity contribution >= 4 is 11.7 Å². The number of rotatable bonds is 1. The number of nitrogens with one attached hydrogen (secondary N) is 1. The molecule has 0 spiro atoms. The molecule has 1 aliphatic rings. The Morgan fingerprint density at radius 2 is 2.06 bits per heavy atom. The van der Waals surface area contributed by atoms with Crippen molar-refractivity contribution in [1.82, 2.24) is 10.2 Å². The summed E-state index contributed by atoms with van der Waals surface area (Å²) in [5.41, 5.74) is 1.27. The molecule has 1 fully saturated rings. The fourth-order valence-electron chi connectivity index (χ4n) is 2.02. The Kier molecular flexibility index (Phi) is 3.81. The van der Waals surface area contributed by atoms with Gasteiger partial charge in [0, 0.05) is 38.9 Å². The Morgan fingerprint density at radius 1 is 1.39 bits per heavy atom. The molecule has 0 atom stereocenters. The van der Waals surface area contributed by atoms with Crippen LogP contribution in [0.3, 0.4) is 0 Å². The van der Waals surface area contributed by atoms with Gasteiger partial charge >= 0.3 is 6.03 Å². The fourth-order valence-corrected chi connectivity index (χ4v) is 2.02. The van der Waals surface area contributed by atoms with Crippen molar-refractivity contribution in [2.75, 3.05) is 38.1 Å². The van der Waals surface area contributed by atoms with Gasteiger partial charge in [0.1, 0.15) is 5.82 Å². The lowest BCUT2D eigenvalue weighted by molar-refractivity contribution is 0.198. The van der Waals surface area contributed by atoms with Crippen LogP contribution in [0.25, 0.3) is 0 Å². The summed E-state index contributed by atoms with van der Waals surface area (Å²) in [5, 5.41) is 3.20. The highest BCUT2D eigenvalue weighted by Gasteiger charge is 2.20. The van der Waals surface area contributed by atoms with Gasteiger partial charge in [-0.05, 0) is 30.7 Å². The number of halogens is 1. The van der Waals surface area contributed by atoms with Crippen molar-refractivity contribution in [3.63, 3.8) is 0 Å². The van der Waals surface area contributed by atoms with E-state index in [2.05, 4.69) is 5.32 Å². The van der Waals surface area contributed by atoms with Crippen molar-refractivity contribution in [2.24, 2.45) is 0 Å². The Bertz CT molecular complexity index is 444. The molecule has 1 aliphatic heterocycles. The molecule has 0 unspecified atom stereocenters. The van der Waals surface area contributed by atoms with Crippen LogP contribution in [-0.4, -0.2) is 44.2 Å². The molecule has 0 saturated carbocycles. The molecule has 1 aromatic carbocycles. The Balaban J connectivity index is 2.11. The highest BCUT2D eigenvalue weighted by Crippen LogP contribution is 2.18. The minimum atomic E-state index is -0.248. The summed E-state index contributed by atoms with van der Waals surface area (Å²) in [4.78, 5) is 15.6. The minimum absolute atomic E-state index is 0.0393. The number of hydrogen-bond donors (Lipinski definition) is 1. The third kappa shape index (κ3) is 2.61. The largest absolute Gasteiger partial charge is 0.324 e. The lowest BCUT2D eigenvalue weighted by Gasteiger charge is -2.31. The van der Waals surface area contributed by atoms with Crippen molar-refractivity contribution in [2.45, 2.75) is 6.92 Å². The van der Waals surface area contributed by atoms with Crippen LogP contribution in [0.4, 0.5) is 14.9 Å². The number of piperazine rings is 1. The van der Waals surface area contributed by atoms with E-state index in [0.717, 1.165) is 18.8 Å². The number of carbonyl (C=O) groups excluding carboxylic acids is 1. The summed E-state index contributed by atoms with van der Waals surface area (Å²) in [6, 6.07) is 4.67.